The number of aromatic nitrogens is 5. The summed E-state index contributed by atoms with van der Waals surface area (Å²) in [6, 6.07) is 7.33. The normalized spacial score (nSPS) is 12.2. The number of pyridine rings is 1. The van der Waals surface area contributed by atoms with Crippen LogP contribution in [0.3, 0.4) is 0 Å². The number of nitrogens with zero attached hydrogens (tertiary/aromatic N) is 5. The lowest BCUT2D eigenvalue weighted by Gasteiger charge is -2.06. The zero-order valence-corrected chi connectivity index (χ0v) is 13.6. The topological polar surface area (TPSA) is 112 Å². The Hall–Kier alpha value is -2.62. The molecule has 0 unspecified atom stereocenters. The molecule has 0 aliphatic carbocycles. The van der Waals surface area contributed by atoms with Gasteiger partial charge < -0.3 is 15.6 Å². The Balaban J connectivity index is 1.72. The predicted octanol–water partition coefficient (Wildman–Crippen LogP) is 1.64. The molecule has 0 fully saturated rings. The van der Waals surface area contributed by atoms with Crippen molar-refractivity contribution < 1.29 is 14.2 Å². The third kappa shape index (κ3) is 4.27. The molecule has 0 aliphatic heterocycles. The smallest absolute Gasteiger partial charge is 0.255 e. The van der Waals surface area contributed by atoms with E-state index in [0.717, 1.165) is 6.07 Å². The van der Waals surface area contributed by atoms with Crippen LogP contribution in [0.1, 0.15) is 0 Å². The highest BCUT2D eigenvalue weighted by molar-refractivity contribution is 6.30. The molecule has 2 aromatic heterocycles. The van der Waals surface area contributed by atoms with Crippen molar-refractivity contribution in [1.29, 1.82) is 0 Å². The van der Waals surface area contributed by atoms with Crippen LogP contribution >= 0.6 is 11.6 Å². The van der Waals surface area contributed by atoms with Gasteiger partial charge in [-0.2, -0.15) is 4.80 Å². The van der Waals surface area contributed by atoms with Gasteiger partial charge in [0.05, 0.1) is 18.2 Å². The van der Waals surface area contributed by atoms with Crippen molar-refractivity contribution in [2.24, 2.45) is 5.73 Å². The number of tetrazole rings is 1. The molecule has 0 bridgehead atoms. The van der Waals surface area contributed by atoms with Crippen LogP contribution < -0.4 is 10.5 Å². The lowest BCUT2D eigenvalue weighted by molar-refractivity contribution is 0.245. The van der Waals surface area contributed by atoms with E-state index in [0.29, 0.717) is 17.1 Å². The SMILES string of the molecule is N[C@H](CO)Cn1nnc(-c2ccc(Oc3ncc(Cl)cc3F)cc2)n1. The summed E-state index contributed by atoms with van der Waals surface area (Å²) in [7, 11) is 0. The number of hydrogen-bond acceptors (Lipinski definition) is 7. The molecule has 3 aromatic rings. The second kappa shape index (κ2) is 7.51. The molecule has 2 heterocycles. The first kappa shape index (κ1) is 17.2. The van der Waals surface area contributed by atoms with Gasteiger partial charge in [-0.1, -0.05) is 11.6 Å². The Morgan fingerprint density at radius 2 is 2.08 bits per heavy atom. The third-order valence-corrected chi connectivity index (χ3v) is 3.39. The fourth-order valence-corrected chi connectivity index (χ4v) is 2.11. The number of aliphatic hydroxyl groups is 1. The highest BCUT2D eigenvalue weighted by atomic mass is 35.5. The fraction of sp³-hybridized carbons (Fsp3) is 0.200. The molecular formula is C15H14ClFN6O2. The number of hydrogen-bond donors (Lipinski definition) is 2. The van der Waals surface area contributed by atoms with Crippen molar-refractivity contribution >= 4 is 11.6 Å². The Morgan fingerprint density at radius 3 is 2.76 bits per heavy atom. The summed E-state index contributed by atoms with van der Waals surface area (Å²) in [5.41, 5.74) is 6.32. The van der Waals surface area contributed by atoms with Crippen molar-refractivity contribution in [2.45, 2.75) is 12.6 Å². The van der Waals surface area contributed by atoms with Gasteiger partial charge in [-0.05, 0) is 35.5 Å². The first-order chi connectivity index (χ1) is 12.0. The Kier molecular flexibility index (Phi) is 5.17. The van der Waals surface area contributed by atoms with E-state index in [2.05, 4.69) is 20.4 Å². The Labute approximate surface area is 147 Å². The minimum Gasteiger partial charge on any atom is -0.436 e. The van der Waals surface area contributed by atoms with Gasteiger partial charge in [0.1, 0.15) is 5.75 Å². The first-order valence-corrected chi connectivity index (χ1v) is 7.66. The van der Waals surface area contributed by atoms with Crippen LogP contribution in [0.5, 0.6) is 11.6 Å². The van der Waals surface area contributed by atoms with Crippen molar-refractivity contribution in [1.82, 2.24) is 25.2 Å². The van der Waals surface area contributed by atoms with E-state index < -0.39 is 11.9 Å². The Morgan fingerprint density at radius 1 is 1.32 bits per heavy atom. The van der Waals surface area contributed by atoms with Gasteiger partial charge in [0.15, 0.2) is 5.82 Å². The van der Waals surface area contributed by atoms with Crippen molar-refractivity contribution in [3.63, 3.8) is 0 Å². The van der Waals surface area contributed by atoms with Gasteiger partial charge >= 0.3 is 0 Å². The highest BCUT2D eigenvalue weighted by Crippen LogP contribution is 2.25. The zero-order chi connectivity index (χ0) is 17.8. The van der Waals surface area contributed by atoms with E-state index in [1.54, 1.807) is 24.3 Å². The standard InChI is InChI=1S/C15H14ClFN6O2/c16-10-5-13(17)15(19-6-10)25-12-3-1-9(2-4-12)14-20-22-23(21-14)7-11(18)8-24/h1-6,11,24H,7-8,18H2/t11-/m0/s1. The minimum atomic E-state index is -0.651. The van der Waals surface area contributed by atoms with Crippen LogP contribution in [-0.2, 0) is 6.54 Å². The number of aliphatic hydroxyl groups excluding tert-OH is 1. The molecule has 1 aromatic carbocycles. The van der Waals surface area contributed by atoms with Crippen LogP contribution in [0.4, 0.5) is 4.39 Å². The average molecular weight is 365 g/mol. The maximum Gasteiger partial charge on any atom is 0.255 e. The maximum absolute atomic E-state index is 13.7. The molecule has 25 heavy (non-hydrogen) atoms. The molecule has 10 heteroatoms. The molecular weight excluding hydrogens is 351 g/mol. The van der Waals surface area contributed by atoms with Gasteiger partial charge in [0.2, 0.25) is 5.82 Å². The van der Waals surface area contributed by atoms with Gasteiger partial charge in [-0.3, -0.25) is 0 Å². The molecule has 0 radical (unpaired) electrons. The minimum absolute atomic E-state index is 0.167. The molecule has 0 spiro atoms. The summed E-state index contributed by atoms with van der Waals surface area (Å²) in [6.07, 6.45) is 1.30. The van der Waals surface area contributed by atoms with Crippen LogP contribution in [0.25, 0.3) is 11.4 Å². The monoisotopic (exact) mass is 364 g/mol. The second-order valence-corrected chi connectivity index (χ2v) is 5.61. The van der Waals surface area contributed by atoms with Crippen LogP contribution in [0.15, 0.2) is 36.5 Å². The number of ether oxygens (including phenoxy) is 1. The van der Waals surface area contributed by atoms with Crippen molar-refractivity contribution in [3.05, 3.63) is 47.4 Å². The van der Waals surface area contributed by atoms with Crippen LogP contribution in [0, 0.1) is 5.82 Å². The first-order valence-electron chi connectivity index (χ1n) is 7.28. The van der Waals surface area contributed by atoms with Gasteiger partial charge in [-0.15, -0.1) is 10.2 Å². The van der Waals surface area contributed by atoms with E-state index >= 15 is 0 Å². The van der Waals surface area contributed by atoms with Gasteiger partial charge in [0, 0.05) is 17.8 Å². The lowest BCUT2D eigenvalue weighted by Crippen LogP contribution is -2.30. The van der Waals surface area contributed by atoms with Crippen LogP contribution in [0.2, 0.25) is 5.02 Å². The molecule has 130 valence electrons. The molecule has 0 saturated carbocycles. The molecule has 3 rings (SSSR count). The van der Waals surface area contributed by atoms with Gasteiger partial charge in [-0.25, -0.2) is 9.37 Å². The largest absolute Gasteiger partial charge is 0.436 e. The summed E-state index contributed by atoms with van der Waals surface area (Å²) >= 11 is 5.65. The van der Waals surface area contributed by atoms with Crippen molar-refractivity contribution in [2.75, 3.05) is 6.61 Å². The summed E-state index contributed by atoms with van der Waals surface area (Å²) in [5, 5.41) is 21.1. The Bertz CT molecular complexity index is 857. The van der Waals surface area contributed by atoms with E-state index in [1.165, 1.54) is 11.0 Å². The predicted molar refractivity (Wildman–Crippen MR) is 87.6 cm³/mol. The summed E-state index contributed by atoms with van der Waals surface area (Å²) in [4.78, 5) is 5.11. The van der Waals surface area contributed by atoms with Crippen molar-refractivity contribution in [3.8, 4) is 23.0 Å². The molecule has 0 aliphatic rings. The average Bonchev–Trinajstić information content (AvgIpc) is 3.06. The number of rotatable bonds is 6. The maximum atomic E-state index is 13.7. The quantitative estimate of drug-likeness (QED) is 0.683. The molecule has 3 N–H and O–H groups in total. The summed E-state index contributed by atoms with van der Waals surface area (Å²) < 4.78 is 19.1. The van der Waals surface area contributed by atoms with E-state index in [9.17, 15) is 4.39 Å². The van der Waals surface area contributed by atoms with Crippen LogP contribution in [-0.4, -0.2) is 42.9 Å². The summed E-state index contributed by atoms with van der Waals surface area (Å²) in [5.74, 6) is -0.0275. The molecule has 8 nitrogen and oxygen atoms in total. The lowest BCUT2D eigenvalue weighted by atomic mass is 10.2. The summed E-state index contributed by atoms with van der Waals surface area (Å²) in [6.45, 7) is 0.0877. The van der Waals surface area contributed by atoms with E-state index in [1.807, 2.05) is 0 Å². The fourth-order valence-electron chi connectivity index (χ4n) is 1.96. The molecule has 0 amide bonds. The number of halogens is 2. The molecule has 1 atom stereocenters. The number of nitrogens with two attached hydrogens (primary N) is 1. The zero-order valence-electron chi connectivity index (χ0n) is 12.9. The van der Waals surface area contributed by atoms with E-state index in [-0.39, 0.29) is 24.1 Å². The highest BCUT2D eigenvalue weighted by Gasteiger charge is 2.10. The van der Waals surface area contributed by atoms with Gasteiger partial charge in [0.25, 0.3) is 5.88 Å². The molecule has 0 saturated heterocycles. The number of benzene rings is 1. The second-order valence-electron chi connectivity index (χ2n) is 5.18. The van der Waals surface area contributed by atoms with E-state index in [4.69, 9.17) is 27.2 Å². The third-order valence-electron chi connectivity index (χ3n) is 3.19.